The first-order valence-electron chi connectivity index (χ1n) is 7.22. The van der Waals surface area contributed by atoms with E-state index in [-0.39, 0.29) is 5.56 Å². The Morgan fingerprint density at radius 3 is 2.67 bits per heavy atom. The molecule has 2 aromatic rings. The number of allylic oxidation sites excluding steroid dienone is 1. The van der Waals surface area contributed by atoms with Crippen LogP contribution in [0.5, 0.6) is 0 Å². The van der Waals surface area contributed by atoms with Gasteiger partial charge in [-0.3, -0.25) is 9.36 Å². The Kier molecular flexibility index (Phi) is 4.97. The Hall–Kier alpha value is -1.87. The molecule has 1 aliphatic rings. The zero-order valence-electron chi connectivity index (χ0n) is 12.6. The van der Waals surface area contributed by atoms with Crippen LogP contribution in [0.3, 0.4) is 0 Å². The molecule has 0 fully saturated rings. The third-order valence-corrected chi connectivity index (χ3v) is 3.57. The average Bonchev–Trinajstić information content (AvgIpc) is 2.50. The van der Waals surface area contributed by atoms with Gasteiger partial charge in [0.05, 0.1) is 10.4 Å². The minimum Gasteiger partial charge on any atom is -0.268 e. The van der Waals surface area contributed by atoms with Gasteiger partial charge in [-0.05, 0) is 43.4 Å². The number of halogens is 1. The Morgan fingerprint density at radius 2 is 2.00 bits per heavy atom. The van der Waals surface area contributed by atoms with E-state index in [0.717, 1.165) is 23.9 Å². The monoisotopic (exact) mass is 302 g/mol. The fraction of sp³-hybridized carbons (Fsp3) is 0.294. The molecule has 0 unspecified atom stereocenters. The quantitative estimate of drug-likeness (QED) is 0.755. The van der Waals surface area contributed by atoms with Crippen LogP contribution in [0.1, 0.15) is 32.4 Å². The number of aryl methyl sites for hydroxylation is 1. The van der Waals surface area contributed by atoms with Gasteiger partial charge in [0, 0.05) is 11.9 Å². The number of pyridine rings is 1. The van der Waals surface area contributed by atoms with Crippen LogP contribution in [0.2, 0.25) is 5.02 Å². The molecule has 1 aromatic carbocycles. The molecule has 0 saturated carbocycles. The molecule has 2 heterocycles. The van der Waals surface area contributed by atoms with Gasteiger partial charge in [-0.25, -0.2) is 4.99 Å². The maximum absolute atomic E-state index is 12.6. The molecule has 3 rings (SSSR count). The van der Waals surface area contributed by atoms with Gasteiger partial charge in [0.25, 0.3) is 5.56 Å². The largest absolute Gasteiger partial charge is 0.268 e. The normalized spacial score (nSPS) is 13.6. The number of aliphatic imine (C=N–C) groups is 1. The summed E-state index contributed by atoms with van der Waals surface area (Å²) in [4.78, 5) is 16.9. The van der Waals surface area contributed by atoms with Crippen LogP contribution in [-0.2, 0) is 0 Å². The van der Waals surface area contributed by atoms with Crippen molar-refractivity contribution in [3.8, 4) is 0 Å². The number of aromatic nitrogens is 1. The highest BCUT2D eigenvalue weighted by Crippen LogP contribution is 2.23. The summed E-state index contributed by atoms with van der Waals surface area (Å²) >= 11 is 6.15. The molecule has 0 N–H and O–H groups in total. The Morgan fingerprint density at radius 1 is 1.24 bits per heavy atom. The van der Waals surface area contributed by atoms with Crippen LogP contribution in [0.4, 0.5) is 0 Å². The minimum atomic E-state index is -0.106. The van der Waals surface area contributed by atoms with Gasteiger partial charge in [0.2, 0.25) is 0 Å². The van der Waals surface area contributed by atoms with Crippen molar-refractivity contribution in [2.45, 2.75) is 33.6 Å². The van der Waals surface area contributed by atoms with Crippen LogP contribution in [-0.4, -0.2) is 10.8 Å². The molecule has 0 saturated heterocycles. The van der Waals surface area contributed by atoms with Crippen molar-refractivity contribution >= 4 is 34.4 Å². The zero-order chi connectivity index (χ0) is 15.4. The van der Waals surface area contributed by atoms with Gasteiger partial charge in [0.1, 0.15) is 5.82 Å². The van der Waals surface area contributed by atoms with Crippen molar-refractivity contribution in [2.24, 2.45) is 4.99 Å². The predicted octanol–water partition coefficient (Wildman–Crippen LogP) is 4.65. The molecular weight excluding hydrogens is 284 g/mol. The Bertz CT molecular complexity index is 772. The lowest BCUT2D eigenvalue weighted by Crippen LogP contribution is -2.22. The molecule has 4 heteroatoms. The van der Waals surface area contributed by atoms with E-state index in [0.29, 0.717) is 16.2 Å². The zero-order valence-corrected chi connectivity index (χ0v) is 13.3. The lowest BCUT2D eigenvalue weighted by molar-refractivity contribution is 0.929. The second-order valence-electron chi connectivity index (χ2n) is 4.58. The summed E-state index contributed by atoms with van der Waals surface area (Å²) in [5.41, 5.74) is 0.760. The summed E-state index contributed by atoms with van der Waals surface area (Å²) in [5, 5.41) is 1.90. The molecule has 0 radical (unpaired) electrons. The average molecular weight is 303 g/mol. The van der Waals surface area contributed by atoms with Crippen molar-refractivity contribution in [2.75, 3.05) is 0 Å². The molecule has 110 valence electrons. The SMILES string of the molecule is CC.Cc1cc2cccc(Cl)c2c(=O)n1C1=CCCC=N1. The highest BCUT2D eigenvalue weighted by molar-refractivity contribution is 6.35. The van der Waals surface area contributed by atoms with E-state index < -0.39 is 0 Å². The molecule has 21 heavy (non-hydrogen) atoms. The van der Waals surface area contributed by atoms with E-state index in [1.807, 2.05) is 51.3 Å². The number of nitrogens with zero attached hydrogens (tertiary/aromatic N) is 2. The molecule has 0 spiro atoms. The summed E-state index contributed by atoms with van der Waals surface area (Å²) < 4.78 is 1.63. The molecular formula is C17H19ClN2O. The minimum absolute atomic E-state index is 0.106. The molecule has 0 bridgehead atoms. The number of benzene rings is 1. The molecule has 1 aliphatic heterocycles. The van der Waals surface area contributed by atoms with Crippen LogP contribution >= 0.6 is 11.6 Å². The highest BCUT2D eigenvalue weighted by atomic mass is 35.5. The lowest BCUT2D eigenvalue weighted by atomic mass is 10.1. The van der Waals surface area contributed by atoms with Gasteiger partial charge in [-0.1, -0.05) is 37.6 Å². The summed E-state index contributed by atoms with van der Waals surface area (Å²) in [6, 6.07) is 7.46. The third kappa shape index (κ3) is 2.93. The lowest BCUT2D eigenvalue weighted by Gasteiger charge is -2.14. The van der Waals surface area contributed by atoms with Gasteiger partial charge < -0.3 is 0 Å². The van der Waals surface area contributed by atoms with Gasteiger partial charge >= 0.3 is 0 Å². The highest BCUT2D eigenvalue weighted by Gasteiger charge is 2.12. The van der Waals surface area contributed by atoms with Crippen LogP contribution < -0.4 is 5.56 Å². The summed E-state index contributed by atoms with van der Waals surface area (Å²) in [6.45, 7) is 5.91. The fourth-order valence-electron chi connectivity index (χ4n) is 2.38. The van der Waals surface area contributed by atoms with E-state index in [1.165, 1.54) is 0 Å². The molecule has 0 aliphatic carbocycles. The van der Waals surface area contributed by atoms with Crippen molar-refractivity contribution in [1.29, 1.82) is 0 Å². The third-order valence-electron chi connectivity index (χ3n) is 3.26. The maximum Gasteiger partial charge on any atom is 0.265 e. The Balaban J connectivity index is 0.000000774. The van der Waals surface area contributed by atoms with Crippen molar-refractivity contribution < 1.29 is 0 Å². The smallest absolute Gasteiger partial charge is 0.265 e. The topological polar surface area (TPSA) is 34.4 Å². The first-order chi connectivity index (χ1) is 10.2. The molecule has 0 amide bonds. The first-order valence-corrected chi connectivity index (χ1v) is 7.60. The van der Waals surface area contributed by atoms with E-state index in [9.17, 15) is 4.79 Å². The molecule has 0 atom stereocenters. The van der Waals surface area contributed by atoms with Gasteiger partial charge in [-0.2, -0.15) is 0 Å². The van der Waals surface area contributed by atoms with Gasteiger partial charge in [-0.15, -0.1) is 0 Å². The predicted molar refractivity (Wildman–Crippen MR) is 91.3 cm³/mol. The van der Waals surface area contributed by atoms with Gasteiger partial charge in [0.15, 0.2) is 0 Å². The van der Waals surface area contributed by atoms with Crippen molar-refractivity contribution in [1.82, 2.24) is 4.57 Å². The fourth-order valence-corrected chi connectivity index (χ4v) is 2.64. The molecule has 1 aromatic heterocycles. The summed E-state index contributed by atoms with van der Waals surface area (Å²) in [5.74, 6) is 0.690. The van der Waals surface area contributed by atoms with Crippen LogP contribution in [0.25, 0.3) is 16.6 Å². The van der Waals surface area contributed by atoms with E-state index >= 15 is 0 Å². The van der Waals surface area contributed by atoms with E-state index in [1.54, 1.807) is 10.6 Å². The van der Waals surface area contributed by atoms with E-state index in [4.69, 9.17) is 11.6 Å². The van der Waals surface area contributed by atoms with Crippen LogP contribution in [0.15, 0.2) is 40.1 Å². The van der Waals surface area contributed by atoms with Crippen molar-refractivity contribution in [3.05, 3.63) is 51.4 Å². The van der Waals surface area contributed by atoms with Crippen LogP contribution in [0, 0.1) is 6.92 Å². The Labute approximate surface area is 129 Å². The van der Waals surface area contributed by atoms with Crippen molar-refractivity contribution in [3.63, 3.8) is 0 Å². The summed E-state index contributed by atoms with van der Waals surface area (Å²) in [6.07, 6.45) is 5.66. The number of hydrogen-bond acceptors (Lipinski definition) is 2. The second kappa shape index (κ2) is 6.72. The number of fused-ring (bicyclic) bond motifs is 1. The first kappa shape index (κ1) is 15.5. The standard InChI is InChI=1S/C15H13ClN2O.C2H6/c1-10-9-11-5-4-6-12(16)14(11)15(19)18(10)13-7-2-3-8-17-13;1-2/h4-9H,2-3H2,1H3;1-2H3. The number of hydrogen-bond donors (Lipinski definition) is 0. The maximum atomic E-state index is 12.6. The number of rotatable bonds is 1. The summed E-state index contributed by atoms with van der Waals surface area (Å²) in [7, 11) is 0. The molecule has 3 nitrogen and oxygen atoms in total. The second-order valence-corrected chi connectivity index (χ2v) is 4.99. The van der Waals surface area contributed by atoms with E-state index in [2.05, 4.69) is 4.99 Å².